The molecule has 10 heteroatoms. The molecule has 37 heavy (non-hydrogen) atoms. The number of hydrogen-bond donors (Lipinski definition) is 1. The Labute approximate surface area is 224 Å². The van der Waals surface area contributed by atoms with Crippen molar-refractivity contribution in [2.75, 3.05) is 72.7 Å². The Morgan fingerprint density at radius 3 is 2.54 bits per heavy atom. The third-order valence-corrected chi connectivity index (χ3v) is 10.6. The summed E-state index contributed by atoms with van der Waals surface area (Å²) < 4.78 is 4.81. The van der Waals surface area contributed by atoms with Crippen molar-refractivity contribution in [2.45, 2.75) is 35.8 Å². The number of ether oxygens (including phenoxy) is 1. The molecule has 4 aliphatic heterocycles. The van der Waals surface area contributed by atoms with Crippen molar-refractivity contribution in [3.05, 3.63) is 25.3 Å². The molecular weight excluding hydrogens is 492 g/mol. The van der Waals surface area contributed by atoms with E-state index in [1.54, 1.807) is 40.8 Å². The van der Waals surface area contributed by atoms with Crippen molar-refractivity contribution < 1.29 is 24.2 Å². The predicted octanol–water partition coefficient (Wildman–Crippen LogP) is 0.697. The average Bonchev–Trinajstić information content (AvgIpc) is 3.48. The minimum absolute atomic E-state index is 0.0141. The van der Waals surface area contributed by atoms with Crippen molar-refractivity contribution in [1.29, 1.82) is 0 Å². The molecule has 4 saturated heterocycles. The molecule has 0 aliphatic carbocycles. The highest BCUT2D eigenvalue weighted by atomic mass is 32.2. The average molecular weight is 535 g/mol. The summed E-state index contributed by atoms with van der Waals surface area (Å²) >= 11 is 1.69. The van der Waals surface area contributed by atoms with E-state index >= 15 is 0 Å². The number of likely N-dealkylation sites (tertiary alicyclic amines) is 1. The first-order valence-corrected chi connectivity index (χ1v) is 14.3. The lowest BCUT2D eigenvalue weighted by molar-refractivity contribution is -0.144. The summed E-state index contributed by atoms with van der Waals surface area (Å²) in [6.45, 7) is 15.1. The highest BCUT2D eigenvalue weighted by Crippen LogP contribution is 2.68. The molecule has 0 aromatic heterocycles. The summed E-state index contributed by atoms with van der Waals surface area (Å²) in [5, 5.41) is 9.59. The van der Waals surface area contributed by atoms with Crippen molar-refractivity contribution in [2.24, 2.45) is 17.8 Å². The predicted molar refractivity (Wildman–Crippen MR) is 144 cm³/mol. The second kappa shape index (κ2) is 11.9. The van der Waals surface area contributed by atoms with Gasteiger partial charge in [0.05, 0.1) is 29.8 Å². The molecule has 3 unspecified atom stereocenters. The first kappa shape index (κ1) is 28.1. The van der Waals surface area contributed by atoms with E-state index in [1.807, 2.05) is 4.90 Å². The zero-order valence-corrected chi connectivity index (χ0v) is 23.0. The van der Waals surface area contributed by atoms with Crippen LogP contribution in [0.4, 0.5) is 0 Å². The van der Waals surface area contributed by atoms with E-state index in [2.05, 4.69) is 25.0 Å². The number of carbonyl (C=O) groups excluding carboxylic acids is 3. The quantitative estimate of drug-likeness (QED) is 0.369. The van der Waals surface area contributed by atoms with Crippen LogP contribution in [-0.4, -0.2) is 131 Å². The minimum Gasteiger partial charge on any atom is -0.396 e. The number of morpholine rings is 1. The number of aliphatic hydroxyl groups is 1. The molecule has 4 aliphatic rings. The van der Waals surface area contributed by atoms with Gasteiger partial charge in [-0.05, 0) is 18.8 Å². The maximum absolute atomic E-state index is 14.4. The van der Waals surface area contributed by atoms with E-state index in [4.69, 9.17) is 4.74 Å². The van der Waals surface area contributed by atoms with Crippen LogP contribution in [0.1, 0.15) is 19.8 Å². The largest absolute Gasteiger partial charge is 0.396 e. The molecule has 2 bridgehead atoms. The van der Waals surface area contributed by atoms with Gasteiger partial charge in [-0.15, -0.1) is 24.9 Å². The van der Waals surface area contributed by atoms with Crippen LogP contribution < -0.4 is 0 Å². The van der Waals surface area contributed by atoms with Crippen LogP contribution in [0.15, 0.2) is 25.3 Å². The third kappa shape index (κ3) is 4.97. The number of nitrogens with zero attached hydrogens (tertiary/aromatic N) is 4. The molecule has 0 aromatic carbocycles. The number of thioether (sulfide) groups is 1. The van der Waals surface area contributed by atoms with E-state index in [0.717, 1.165) is 26.1 Å². The number of carbonyl (C=O) groups is 3. The lowest BCUT2D eigenvalue weighted by Crippen LogP contribution is -2.58. The van der Waals surface area contributed by atoms with Crippen molar-refractivity contribution in [3.63, 3.8) is 0 Å². The molecule has 0 saturated carbocycles. The molecule has 0 aromatic rings. The van der Waals surface area contributed by atoms with Crippen LogP contribution in [0.25, 0.3) is 0 Å². The van der Waals surface area contributed by atoms with Crippen LogP contribution >= 0.6 is 11.8 Å². The van der Waals surface area contributed by atoms with Crippen LogP contribution in [0.5, 0.6) is 0 Å². The summed E-state index contributed by atoms with van der Waals surface area (Å²) in [6.07, 6.45) is 4.62. The van der Waals surface area contributed by atoms with Gasteiger partial charge >= 0.3 is 0 Å². The lowest BCUT2D eigenvalue weighted by atomic mass is 9.65. The summed E-state index contributed by atoms with van der Waals surface area (Å²) in [5.74, 6) is -1.11. The van der Waals surface area contributed by atoms with Crippen LogP contribution in [0, 0.1) is 17.8 Å². The Morgan fingerprint density at radius 1 is 1.19 bits per heavy atom. The Morgan fingerprint density at radius 2 is 1.89 bits per heavy atom. The standard InChI is InChI=1S/C27H42N4O5S/c1-5-8-28(4)24(33)21-20-18-19(3)27(37-20)22(21)25(34)31(10-7-15-32)23(27)26(35)30(9-6-2)12-11-29-13-16-36-17-14-29/h5-6,19-23,32H,1-2,7-18H2,3-4H3/t19?,20-,21+,22+,23?,27?/m1/s1. The fourth-order valence-corrected chi connectivity index (χ4v) is 9.22. The third-order valence-electron chi connectivity index (χ3n) is 8.55. The maximum Gasteiger partial charge on any atom is 0.247 e. The fraction of sp³-hybridized carbons (Fsp3) is 0.741. The molecule has 0 radical (unpaired) electrons. The van der Waals surface area contributed by atoms with Crippen LogP contribution in [-0.2, 0) is 19.1 Å². The van der Waals surface area contributed by atoms with E-state index in [0.29, 0.717) is 45.8 Å². The first-order chi connectivity index (χ1) is 17.8. The molecule has 1 N–H and O–H groups in total. The molecule has 3 amide bonds. The summed E-state index contributed by atoms with van der Waals surface area (Å²) in [6, 6.07) is -0.659. The van der Waals surface area contributed by atoms with Gasteiger partial charge in [-0.25, -0.2) is 0 Å². The lowest BCUT2D eigenvalue weighted by Gasteiger charge is -2.41. The smallest absolute Gasteiger partial charge is 0.247 e. The fourth-order valence-electron chi connectivity index (χ4n) is 6.81. The Balaban J connectivity index is 1.65. The number of likely N-dealkylation sites (N-methyl/N-ethyl adjacent to an activating group) is 1. The van der Waals surface area contributed by atoms with Gasteiger partial charge in [0.2, 0.25) is 17.7 Å². The number of rotatable bonds is 12. The van der Waals surface area contributed by atoms with Gasteiger partial charge in [0.25, 0.3) is 0 Å². The monoisotopic (exact) mass is 534 g/mol. The molecule has 9 nitrogen and oxygen atoms in total. The summed E-state index contributed by atoms with van der Waals surface area (Å²) in [5.41, 5.74) is 0. The van der Waals surface area contributed by atoms with Crippen LogP contribution in [0.2, 0.25) is 0 Å². The van der Waals surface area contributed by atoms with Crippen LogP contribution in [0.3, 0.4) is 0 Å². The molecule has 206 valence electrons. The summed E-state index contributed by atoms with van der Waals surface area (Å²) in [4.78, 5) is 49.4. The van der Waals surface area contributed by atoms with Crippen molar-refractivity contribution in [3.8, 4) is 0 Å². The number of amides is 3. The second-order valence-corrected chi connectivity index (χ2v) is 12.2. The van der Waals surface area contributed by atoms with E-state index in [-0.39, 0.29) is 35.5 Å². The van der Waals surface area contributed by atoms with Gasteiger partial charge in [0.1, 0.15) is 6.04 Å². The minimum atomic E-state index is -0.659. The van der Waals surface area contributed by atoms with Crippen molar-refractivity contribution in [1.82, 2.24) is 19.6 Å². The van der Waals surface area contributed by atoms with Gasteiger partial charge in [-0.3, -0.25) is 19.3 Å². The highest BCUT2D eigenvalue weighted by molar-refractivity contribution is 8.02. The first-order valence-electron chi connectivity index (χ1n) is 13.5. The molecule has 4 rings (SSSR count). The second-order valence-electron chi connectivity index (χ2n) is 10.7. The number of fused-ring (bicyclic) bond motifs is 1. The van der Waals surface area contributed by atoms with Gasteiger partial charge in [-0.1, -0.05) is 19.1 Å². The zero-order valence-electron chi connectivity index (χ0n) is 22.2. The number of hydrogen-bond acceptors (Lipinski definition) is 7. The van der Waals surface area contributed by atoms with E-state index in [9.17, 15) is 19.5 Å². The summed E-state index contributed by atoms with van der Waals surface area (Å²) in [7, 11) is 1.75. The van der Waals surface area contributed by atoms with Gasteiger partial charge in [0, 0.05) is 64.7 Å². The van der Waals surface area contributed by atoms with Gasteiger partial charge < -0.3 is 24.5 Å². The molecule has 6 atom stereocenters. The molecule has 4 fully saturated rings. The Hall–Kier alpha value is -1.88. The normalized spacial score (nSPS) is 32.9. The van der Waals surface area contributed by atoms with E-state index < -0.39 is 22.6 Å². The van der Waals surface area contributed by atoms with Gasteiger partial charge in [0.15, 0.2) is 0 Å². The highest BCUT2D eigenvalue weighted by Gasteiger charge is 2.76. The van der Waals surface area contributed by atoms with Gasteiger partial charge in [-0.2, -0.15) is 0 Å². The molecule has 4 heterocycles. The Bertz CT molecular complexity index is 896. The number of aliphatic hydroxyl groups excluding tert-OH is 1. The van der Waals surface area contributed by atoms with E-state index in [1.165, 1.54) is 0 Å². The SMILES string of the molecule is C=CCN(C)C(=O)[C@@H]1[C@H]2C(=O)N(CCCO)C(C(=O)N(CC=C)CCN3CCOCC3)C23S[C@@H]1CC3C. The molecule has 1 spiro atoms. The van der Waals surface area contributed by atoms with Crippen molar-refractivity contribution >= 4 is 29.5 Å². The zero-order chi connectivity index (χ0) is 26.7. The Kier molecular flexibility index (Phi) is 9.04. The molecular formula is C27H42N4O5S. The topological polar surface area (TPSA) is 93.6 Å². The maximum atomic E-state index is 14.4.